The quantitative estimate of drug-likeness (QED) is 0.154. The van der Waals surface area contributed by atoms with E-state index in [0.29, 0.717) is 37.6 Å². The summed E-state index contributed by atoms with van der Waals surface area (Å²) >= 11 is 0. The van der Waals surface area contributed by atoms with Crippen LogP contribution in [0, 0.1) is 0 Å². The number of likely N-dealkylation sites (tertiary alicyclic amines) is 1. The van der Waals surface area contributed by atoms with Crippen molar-refractivity contribution < 1.29 is 23.8 Å². The number of ether oxygens (including phenoxy) is 2. The Labute approximate surface area is 263 Å². The molecule has 228 valence electrons. The maximum absolute atomic E-state index is 12.2. The van der Waals surface area contributed by atoms with Gasteiger partial charge in [-0.15, -0.1) is 0 Å². The lowest BCUT2D eigenvalue weighted by molar-refractivity contribution is -0.142. The summed E-state index contributed by atoms with van der Waals surface area (Å²) in [7, 11) is 0. The number of carboxylic acids is 1. The molecule has 2 heterocycles. The van der Waals surface area contributed by atoms with Gasteiger partial charge in [0, 0.05) is 24.6 Å². The van der Waals surface area contributed by atoms with Crippen LogP contribution < -0.4 is 9.47 Å². The molecule has 5 aromatic rings. The molecule has 0 amide bonds. The number of nitrogens with zero attached hydrogens (tertiary/aromatic N) is 2. The third-order valence-corrected chi connectivity index (χ3v) is 8.04. The lowest BCUT2D eigenvalue weighted by Gasteiger charge is -2.28. The van der Waals surface area contributed by atoms with E-state index in [1.165, 1.54) is 0 Å². The first-order chi connectivity index (χ1) is 21.9. The molecule has 6 rings (SSSR count). The van der Waals surface area contributed by atoms with Gasteiger partial charge in [0.15, 0.2) is 5.76 Å². The first-order valence-corrected chi connectivity index (χ1v) is 15.2. The number of hydrogen-bond acceptors (Lipinski definition) is 6. The van der Waals surface area contributed by atoms with Crippen molar-refractivity contribution in [2.45, 2.75) is 44.8 Å². The van der Waals surface area contributed by atoms with Gasteiger partial charge >= 0.3 is 5.97 Å². The number of allylic oxidation sites excluding steroid dienone is 1. The lowest BCUT2D eigenvalue weighted by Crippen LogP contribution is -2.36. The van der Waals surface area contributed by atoms with Crippen molar-refractivity contribution in [1.29, 1.82) is 0 Å². The van der Waals surface area contributed by atoms with Crippen LogP contribution in [-0.4, -0.2) is 33.6 Å². The van der Waals surface area contributed by atoms with E-state index in [0.717, 1.165) is 51.6 Å². The Morgan fingerprint density at radius 2 is 1.53 bits per heavy atom. The highest BCUT2D eigenvalue weighted by Crippen LogP contribution is 2.38. The smallest absolute Gasteiger partial charge is 0.320 e. The lowest BCUT2D eigenvalue weighted by atomic mass is 10.0. The molecule has 1 aromatic heterocycles. The van der Waals surface area contributed by atoms with Crippen LogP contribution in [0.1, 0.15) is 48.4 Å². The molecule has 1 aliphatic rings. The largest absolute Gasteiger partial charge is 0.493 e. The third kappa shape index (κ3) is 7.16. The van der Waals surface area contributed by atoms with E-state index in [-0.39, 0.29) is 6.04 Å². The molecule has 1 aliphatic heterocycles. The number of hydrogen-bond donors (Lipinski definition) is 1. The summed E-state index contributed by atoms with van der Waals surface area (Å²) in [5.41, 5.74) is 4.66. The van der Waals surface area contributed by atoms with E-state index in [4.69, 9.17) is 18.9 Å². The van der Waals surface area contributed by atoms with Crippen LogP contribution >= 0.6 is 0 Å². The minimum Gasteiger partial charge on any atom is -0.493 e. The van der Waals surface area contributed by atoms with Crippen LogP contribution in [-0.2, 0) is 17.8 Å². The fourth-order valence-corrected chi connectivity index (χ4v) is 5.82. The molecule has 0 radical (unpaired) electrons. The maximum atomic E-state index is 12.2. The number of rotatable bonds is 12. The summed E-state index contributed by atoms with van der Waals surface area (Å²) in [5, 5.41) is 9.99. The Bertz CT molecular complexity index is 1730. The Morgan fingerprint density at radius 1 is 0.889 bits per heavy atom. The van der Waals surface area contributed by atoms with Gasteiger partial charge in [-0.2, -0.15) is 0 Å². The van der Waals surface area contributed by atoms with Gasteiger partial charge in [0.05, 0.1) is 12.3 Å². The van der Waals surface area contributed by atoms with Gasteiger partial charge in [0.2, 0.25) is 5.89 Å². The van der Waals surface area contributed by atoms with E-state index in [1.807, 2.05) is 116 Å². The van der Waals surface area contributed by atoms with Gasteiger partial charge in [-0.1, -0.05) is 67.2 Å². The molecule has 0 saturated carbocycles. The average molecular weight is 601 g/mol. The summed E-state index contributed by atoms with van der Waals surface area (Å²) in [4.78, 5) is 19.0. The molecule has 0 bridgehead atoms. The first-order valence-electron chi connectivity index (χ1n) is 15.2. The Hall–Kier alpha value is -5.14. The highest BCUT2D eigenvalue weighted by Gasteiger charge is 2.38. The highest BCUT2D eigenvalue weighted by atomic mass is 16.5. The fourth-order valence-electron chi connectivity index (χ4n) is 5.82. The van der Waals surface area contributed by atoms with Crippen LogP contribution in [0.3, 0.4) is 0 Å². The molecule has 4 aromatic carbocycles. The zero-order valence-electron chi connectivity index (χ0n) is 25.3. The molecule has 0 aliphatic carbocycles. The third-order valence-electron chi connectivity index (χ3n) is 8.04. The number of aromatic nitrogens is 1. The minimum atomic E-state index is -0.793. The van der Waals surface area contributed by atoms with Gasteiger partial charge in [-0.3, -0.25) is 9.69 Å². The second kappa shape index (κ2) is 13.7. The van der Waals surface area contributed by atoms with Crippen LogP contribution in [0.5, 0.6) is 17.2 Å². The number of aliphatic carboxylic acids is 1. The molecule has 45 heavy (non-hydrogen) atoms. The van der Waals surface area contributed by atoms with Crippen molar-refractivity contribution in [3.63, 3.8) is 0 Å². The van der Waals surface area contributed by atoms with E-state index in [9.17, 15) is 9.90 Å². The summed E-state index contributed by atoms with van der Waals surface area (Å²) in [6.45, 7) is 6.92. The molecule has 1 saturated heterocycles. The predicted molar refractivity (Wildman–Crippen MR) is 174 cm³/mol. The molecule has 0 unspecified atom stereocenters. The molecule has 7 nitrogen and oxygen atoms in total. The van der Waals surface area contributed by atoms with Crippen molar-refractivity contribution >= 4 is 11.5 Å². The van der Waals surface area contributed by atoms with E-state index < -0.39 is 12.0 Å². The normalized spacial score (nSPS) is 16.4. The van der Waals surface area contributed by atoms with Crippen LogP contribution in [0.2, 0.25) is 0 Å². The van der Waals surface area contributed by atoms with Crippen molar-refractivity contribution in [3.05, 3.63) is 138 Å². The summed E-state index contributed by atoms with van der Waals surface area (Å²) in [6.07, 6.45) is 1.94. The van der Waals surface area contributed by atoms with E-state index >= 15 is 0 Å². The second-order valence-electron chi connectivity index (χ2n) is 11.3. The summed E-state index contributed by atoms with van der Waals surface area (Å²) in [6, 6.07) is 34.7. The van der Waals surface area contributed by atoms with Crippen LogP contribution in [0.25, 0.3) is 17.0 Å². The number of carboxylic acid groups (broad SMARTS) is 1. The van der Waals surface area contributed by atoms with Crippen molar-refractivity contribution in [2.24, 2.45) is 0 Å². The van der Waals surface area contributed by atoms with Crippen molar-refractivity contribution in [3.8, 4) is 28.7 Å². The molecule has 2 atom stereocenters. The molecular formula is C38H36N2O5. The zero-order chi connectivity index (χ0) is 31.2. The van der Waals surface area contributed by atoms with Crippen molar-refractivity contribution in [2.75, 3.05) is 6.61 Å². The zero-order valence-corrected chi connectivity index (χ0v) is 25.3. The number of benzene rings is 4. The Morgan fingerprint density at radius 3 is 2.20 bits per heavy atom. The van der Waals surface area contributed by atoms with Gasteiger partial charge < -0.3 is 19.0 Å². The van der Waals surface area contributed by atoms with Gasteiger partial charge in [0.25, 0.3) is 0 Å². The molecular weight excluding hydrogens is 564 g/mol. The maximum Gasteiger partial charge on any atom is 0.320 e. The first kappa shape index (κ1) is 29.9. The van der Waals surface area contributed by atoms with Gasteiger partial charge in [0.1, 0.15) is 23.3 Å². The van der Waals surface area contributed by atoms with E-state index in [1.54, 1.807) is 0 Å². The van der Waals surface area contributed by atoms with Gasteiger partial charge in [-0.05, 0) is 85.0 Å². The highest BCUT2D eigenvalue weighted by molar-refractivity contribution is 5.74. The summed E-state index contributed by atoms with van der Waals surface area (Å²) < 4.78 is 18.0. The number of carbonyl (C=O) groups is 1. The van der Waals surface area contributed by atoms with Crippen LogP contribution in [0.15, 0.2) is 120 Å². The number of para-hydroxylation sites is 1. The molecule has 1 fully saturated rings. The molecule has 0 spiro atoms. The average Bonchev–Trinajstić information content (AvgIpc) is 3.68. The minimum absolute atomic E-state index is 0.00921. The number of oxazole rings is 1. The summed E-state index contributed by atoms with van der Waals surface area (Å²) in [5.74, 6) is 2.74. The molecule has 7 heteroatoms. The second-order valence-corrected chi connectivity index (χ2v) is 11.3. The van der Waals surface area contributed by atoms with E-state index in [2.05, 4.69) is 11.5 Å². The topological polar surface area (TPSA) is 85.0 Å². The predicted octanol–water partition coefficient (Wildman–Crippen LogP) is 8.58. The molecule has 1 N–H and O–H groups in total. The fraction of sp³-hybridized carbons (Fsp3) is 0.211. The van der Waals surface area contributed by atoms with Crippen molar-refractivity contribution in [1.82, 2.24) is 9.88 Å². The SMILES string of the molecule is C=C(C)c1oc(-c2ccccc2)nc1CCOc1ccc([C@H]2CC[C@@H](C(=O)O)N2Cc2ccc(Oc3ccccc3)cc2)cc1. The van der Waals surface area contributed by atoms with Crippen LogP contribution in [0.4, 0.5) is 0 Å². The van der Waals surface area contributed by atoms with Gasteiger partial charge in [-0.25, -0.2) is 4.98 Å². The Balaban J connectivity index is 1.09. The standard InChI is InChI=1S/C38H36N2O5/c1-26(2)36-33(39-37(45-36)29-9-5-3-6-10-29)23-24-43-30-19-15-28(16-20-30)34-21-22-35(38(41)42)40(34)25-27-13-17-32(18-14-27)44-31-11-7-4-8-12-31/h3-20,34-35H,1,21-25H2,2H3,(H,41,42)/t34-,35+/m1/s1. The monoisotopic (exact) mass is 600 g/mol. The Kier molecular flexibility index (Phi) is 9.08.